The van der Waals surface area contributed by atoms with Crippen LogP contribution in [0.2, 0.25) is 4.34 Å². The van der Waals surface area contributed by atoms with Crippen LogP contribution in [0.4, 0.5) is 0 Å². The maximum Gasteiger partial charge on any atom is 0.0931 e. The van der Waals surface area contributed by atoms with Gasteiger partial charge in [-0.15, -0.1) is 23.1 Å². The van der Waals surface area contributed by atoms with Gasteiger partial charge >= 0.3 is 0 Å². The van der Waals surface area contributed by atoms with E-state index in [4.69, 9.17) is 22.1 Å². The number of nitrogens with two attached hydrogens (primary N) is 1. The third kappa shape index (κ3) is 2.93. The number of hydrogen-bond donors (Lipinski definition) is 1. The lowest BCUT2D eigenvalue weighted by molar-refractivity contribution is 0.0452. The molecule has 2 N–H and O–H groups in total. The van der Waals surface area contributed by atoms with Gasteiger partial charge in [0.2, 0.25) is 0 Å². The first-order chi connectivity index (χ1) is 7.70. The first-order valence-electron chi connectivity index (χ1n) is 5.44. The largest absolute Gasteiger partial charge is 0.379 e. The van der Waals surface area contributed by atoms with E-state index in [1.807, 2.05) is 17.8 Å². The highest BCUT2D eigenvalue weighted by molar-refractivity contribution is 8.00. The highest BCUT2D eigenvalue weighted by Crippen LogP contribution is 2.41. The van der Waals surface area contributed by atoms with E-state index < -0.39 is 0 Å². The Bertz CT molecular complexity index is 340. The molecule has 1 fully saturated rings. The molecule has 0 aliphatic carbocycles. The van der Waals surface area contributed by atoms with Crippen LogP contribution >= 0.6 is 34.7 Å². The standard InChI is InChI=1S/C11H16ClNOS2/c1-2-8(13)11(15-7-5-14-6-7)9-3-4-10(12)16-9/h3-4,7-8,11H,2,5-6,13H2,1H3. The van der Waals surface area contributed by atoms with E-state index in [1.54, 1.807) is 11.3 Å². The Balaban J connectivity index is 2.06. The zero-order valence-corrected chi connectivity index (χ0v) is 11.6. The van der Waals surface area contributed by atoms with Gasteiger partial charge in [0.25, 0.3) is 0 Å². The van der Waals surface area contributed by atoms with Gasteiger partial charge in [0.15, 0.2) is 0 Å². The van der Waals surface area contributed by atoms with E-state index in [2.05, 4.69) is 13.0 Å². The molecule has 0 aromatic carbocycles. The van der Waals surface area contributed by atoms with Crippen molar-refractivity contribution in [2.24, 2.45) is 5.73 Å². The van der Waals surface area contributed by atoms with Crippen molar-refractivity contribution in [1.29, 1.82) is 0 Å². The lowest BCUT2D eigenvalue weighted by Crippen LogP contribution is -2.34. The molecule has 2 heterocycles. The lowest BCUT2D eigenvalue weighted by Gasteiger charge is -2.31. The van der Waals surface area contributed by atoms with Crippen molar-refractivity contribution in [2.45, 2.75) is 29.9 Å². The second-order valence-electron chi connectivity index (χ2n) is 3.93. The Morgan fingerprint density at radius 3 is 2.81 bits per heavy atom. The summed E-state index contributed by atoms with van der Waals surface area (Å²) in [5.74, 6) is 0. The minimum atomic E-state index is 0.195. The highest BCUT2D eigenvalue weighted by atomic mass is 35.5. The van der Waals surface area contributed by atoms with E-state index >= 15 is 0 Å². The zero-order valence-electron chi connectivity index (χ0n) is 9.19. The molecule has 0 amide bonds. The van der Waals surface area contributed by atoms with Crippen molar-refractivity contribution in [2.75, 3.05) is 13.2 Å². The third-order valence-electron chi connectivity index (χ3n) is 2.68. The van der Waals surface area contributed by atoms with Gasteiger partial charge in [-0.05, 0) is 18.6 Å². The summed E-state index contributed by atoms with van der Waals surface area (Å²) in [6.45, 7) is 3.85. The second kappa shape index (κ2) is 5.74. The number of thioether (sulfide) groups is 1. The number of hydrogen-bond acceptors (Lipinski definition) is 4. The van der Waals surface area contributed by atoms with Crippen LogP contribution in [0, 0.1) is 0 Å². The van der Waals surface area contributed by atoms with Crippen molar-refractivity contribution in [3.8, 4) is 0 Å². The minimum absolute atomic E-state index is 0.195. The molecule has 1 aromatic rings. The molecule has 0 spiro atoms. The Morgan fingerprint density at radius 2 is 2.38 bits per heavy atom. The van der Waals surface area contributed by atoms with Crippen LogP contribution in [0.5, 0.6) is 0 Å². The van der Waals surface area contributed by atoms with Crippen molar-refractivity contribution in [3.63, 3.8) is 0 Å². The number of thiophene rings is 1. The summed E-state index contributed by atoms with van der Waals surface area (Å²) in [5, 5.41) is 0.958. The molecule has 1 aromatic heterocycles. The zero-order chi connectivity index (χ0) is 11.5. The molecule has 90 valence electrons. The van der Waals surface area contributed by atoms with Gasteiger partial charge in [-0.3, -0.25) is 0 Å². The molecule has 1 aliphatic heterocycles. The third-order valence-corrected chi connectivity index (χ3v) is 5.70. The summed E-state index contributed by atoms with van der Waals surface area (Å²) in [4.78, 5) is 1.29. The number of rotatable bonds is 5. The van der Waals surface area contributed by atoms with E-state index in [1.165, 1.54) is 4.88 Å². The molecule has 0 radical (unpaired) electrons. The van der Waals surface area contributed by atoms with Gasteiger partial charge < -0.3 is 10.5 Å². The SMILES string of the molecule is CCC(N)C(SC1COC1)c1ccc(Cl)s1. The van der Waals surface area contributed by atoms with E-state index in [0.29, 0.717) is 10.5 Å². The summed E-state index contributed by atoms with van der Waals surface area (Å²) >= 11 is 9.55. The molecule has 2 unspecified atom stereocenters. The molecular weight excluding hydrogens is 262 g/mol. The van der Waals surface area contributed by atoms with Crippen molar-refractivity contribution in [1.82, 2.24) is 0 Å². The van der Waals surface area contributed by atoms with E-state index in [9.17, 15) is 0 Å². The Labute approximate surface area is 110 Å². The van der Waals surface area contributed by atoms with Crippen molar-refractivity contribution >= 4 is 34.7 Å². The summed E-state index contributed by atoms with van der Waals surface area (Å²) in [6.07, 6.45) is 0.987. The fourth-order valence-electron chi connectivity index (χ4n) is 1.57. The minimum Gasteiger partial charge on any atom is -0.379 e. The smallest absolute Gasteiger partial charge is 0.0931 e. The predicted molar refractivity (Wildman–Crippen MR) is 72.5 cm³/mol. The van der Waals surface area contributed by atoms with Crippen LogP contribution in [0.1, 0.15) is 23.5 Å². The van der Waals surface area contributed by atoms with Crippen LogP contribution in [-0.2, 0) is 4.74 Å². The Morgan fingerprint density at radius 1 is 1.62 bits per heavy atom. The first-order valence-corrected chi connectivity index (χ1v) is 7.58. The van der Waals surface area contributed by atoms with Crippen LogP contribution in [-0.4, -0.2) is 24.5 Å². The lowest BCUT2D eigenvalue weighted by atomic mass is 10.1. The van der Waals surface area contributed by atoms with Gasteiger partial charge in [0, 0.05) is 10.9 Å². The van der Waals surface area contributed by atoms with Gasteiger partial charge in [-0.2, -0.15) is 0 Å². The molecule has 2 atom stereocenters. The normalized spacial score (nSPS) is 20.4. The summed E-state index contributed by atoms with van der Waals surface area (Å²) in [7, 11) is 0. The fraction of sp³-hybridized carbons (Fsp3) is 0.636. The van der Waals surface area contributed by atoms with Crippen LogP contribution < -0.4 is 5.73 Å². The summed E-state index contributed by atoms with van der Waals surface area (Å²) in [5.41, 5.74) is 6.19. The van der Waals surface area contributed by atoms with Gasteiger partial charge in [0.05, 0.1) is 28.0 Å². The summed E-state index contributed by atoms with van der Waals surface area (Å²) < 4.78 is 6.05. The monoisotopic (exact) mass is 277 g/mol. The molecular formula is C11H16ClNOS2. The maximum absolute atomic E-state index is 6.19. The van der Waals surface area contributed by atoms with Gasteiger partial charge in [-0.1, -0.05) is 18.5 Å². The molecule has 0 bridgehead atoms. The Kier molecular flexibility index (Phi) is 4.56. The number of halogens is 1. The average Bonchev–Trinajstić information content (AvgIpc) is 2.62. The van der Waals surface area contributed by atoms with E-state index in [-0.39, 0.29) is 6.04 Å². The molecule has 1 aliphatic rings. The molecule has 1 saturated heterocycles. The first kappa shape index (κ1) is 12.7. The molecule has 0 saturated carbocycles. The van der Waals surface area contributed by atoms with E-state index in [0.717, 1.165) is 24.0 Å². The number of ether oxygens (including phenoxy) is 1. The quantitative estimate of drug-likeness (QED) is 0.897. The van der Waals surface area contributed by atoms with Gasteiger partial charge in [0.1, 0.15) is 0 Å². The molecule has 2 nitrogen and oxygen atoms in total. The summed E-state index contributed by atoms with van der Waals surface area (Å²) in [6, 6.07) is 4.24. The van der Waals surface area contributed by atoms with Crippen LogP contribution in [0.3, 0.4) is 0 Å². The average molecular weight is 278 g/mol. The topological polar surface area (TPSA) is 35.2 Å². The van der Waals surface area contributed by atoms with Crippen molar-refractivity contribution < 1.29 is 4.74 Å². The van der Waals surface area contributed by atoms with Crippen LogP contribution in [0.25, 0.3) is 0 Å². The Hall–Kier alpha value is 0.260. The second-order valence-corrected chi connectivity index (χ2v) is 7.12. The van der Waals surface area contributed by atoms with Crippen LogP contribution in [0.15, 0.2) is 12.1 Å². The molecule has 5 heteroatoms. The molecule has 16 heavy (non-hydrogen) atoms. The predicted octanol–water partition coefficient (Wildman–Crippen LogP) is 3.31. The molecule has 2 rings (SSSR count). The van der Waals surface area contributed by atoms with Gasteiger partial charge in [-0.25, -0.2) is 0 Å². The highest BCUT2D eigenvalue weighted by Gasteiger charge is 2.28. The van der Waals surface area contributed by atoms with Crippen molar-refractivity contribution in [3.05, 3.63) is 21.3 Å². The maximum atomic E-state index is 6.19. The fourth-order valence-corrected chi connectivity index (χ4v) is 4.37.